The zero-order valence-electron chi connectivity index (χ0n) is 8.74. The molecular weight excluding hydrogens is 220 g/mol. The molecule has 0 bridgehead atoms. The number of hydrogen-bond acceptors (Lipinski definition) is 1. The summed E-state index contributed by atoms with van der Waals surface area (Å²) >= 11 is 6.12. The molecule has 0 saturated heterocycles. The van der Waals surface area contributed by atoms with Crippen molar-refractivity contribution in [3.63, 3.8) is 0 Å². The number of hydrogen-bond donors (Lipinski definition) is 0. The first-order valence-corrected chi connectivity index (χ1v) is 5.86. The number of carbonyl (C=O) groups excluding carboxylic acids is 1. The van der Waals surface area contributed by atoms with Crippen molar-refractivity contribution in [2.24, 2.45) is 5.92 Å². The maximum Gasteiger partial charge on any atom is 0.166 e. The molecule has 1 aliphatic rings. The lowest BCUT2D eigenvalue weighted by atomic mass is 9.99. The van der Waals surface area contributed by atoms with Crippen molar-refractivity contribution >= 4 is 28.2 Å². The van der Waals surface area contributed by atoms with Crippen molar-refractivity contribution in [1.82, 2.24) is 0 Å². The average molecular weight is 231 g/mol. The van der Waals surface area contributed by atoms with Gasteiger partial charge in [-0.25, -0.2) is 0 Å². The third kappa shape index (κ3) is 1.52. The standard InChI is InChI=1S/C14H11ClO/c15-13-8-7-12(14(16)9-5-6-9)10-3-1-2-4-11(10)13/h1-4,7-9H,5-6H2. The molecule has 0 heterocycles. The van der Waals surface area contributed by atoms with Gasteiger partial charge in [-0.3, -0.25) is 4.79 Å². The van der Waals surface area contributed by atoms with E-state index >= 15 is 0 Å². The molecule has 0 aromatic heterocycles. The number of rotatable bonds is 2. The van der Waals surface area contributed by atoms with Crippen molar-refractivity contribution in [3.05, 3.63) is 47.0 Å². The Kier molecular flexibility index (Phi) is 2.22. The summed E-state index contributed by atoms with van der Waals surface area (Å²) < 4.78 is 0. The summed E-state index contributed by atoms with van der Waals surface area (Å²) in [5.41, 5.74) is 0.822. The molecule has 80 valence electrons. The molecule has 1 fully saturated rings. The van der Waals surface area contributed by atoms with Crippen LogP contribution in [0.1, 0.15) is 23.2 Å². The van der Waals surface area contributed by atoms with Crippen LogP contribution in [0, 0.1) is 5.92 Å². The van der Waals surface area contributed by atoms with Gasteiger partial charge in [0.25, 0.3) is 0 Å². The van der Waals surface area contributed by atoms with Crippen LogP contribution in [0.4, 0.5) is 0 Å². The van der Waals surface area contributed by atoms with E-state index in [9.17, 15) is 4.79 Å². The van der Waals surface area contributed by atoms with Gasteiger partial charge in [-0.1, -0.05) is 35.9 Å². The molecule has 16 heavy (non-hydrogen) atoms. The van der Waals surface area contributed by atoms with Crippen LogP contribution in [0.2, 0.25) is 5.02 Å². The van der Waals surface area contributed by atoms with Gasteiger partial charge in [-0.2, -0.15) is 0 Å². The Labute approximate surface area is 99.0 Å². The fourth-order valence-electron chi connectivity index (χ4n) is 2.04. The van der Waals surface area contributed by atoms with Crippen molar-refractivity contribution in [3.8, 4) is 0 Å². The summed E-state index contributed by atoms with van der Waals surface area (Å²) in [6, 6.07) is 11.5. The smallest absolute Gasteiger partial charge is 0.166 e. The maximum absolute atomic E-state index is 12.1. The van der Waals surface area contributed by atoms with E-state index in [1.807, 2.05) is 36.4 Å². The van der Waals surface area contributed by atoms with Gasteiger partial charge in [0.2, 0.25) is 0 Å². The molecule has 0 radical (unpaired) electrons. The minimum atomic E-state index is 0.254. The van der Waals surface area contributed by atoms with Crippen molar-refractivity contribution in [2.75, 3.05) is 0 Å². The average Bonchev–Trinajstić information content (AvgIpc) is 3.13. The molecule has 0 spiro atoms. The van der Waals surface area contributed by atoms with Crippen LogP contribution in [-0.2, 0) is 0 Å². The highest BCUT2D eigenvalue weighted by atomic mass is 35.5. The Morgan fingerprint density at radius 2 is 1.75 bits per heavy atom. The normalized spacial score (nSPS) is 15.3. The molecule has 2 aromatic rings. The Morgan fingerprint density at radius 3 is 2.44 bits per heavy atom. The topological polar surface area (TPSA) is 17.1 Å². The van der Waals surface area contributed by atoms with E-state index in [0.29, 0.717) is 5.02 Å². The van der Waals surface area contributed by atoms with Gasteiger partial charge in [0.05, 0.1) is 0 Å². The lowest BCUT2D eigenvalue weighted by molar-refractivity contribution is 0.0969. The van der Waals surface area contributed by atoms with Crippen LogP contribution >= 0.6 is 11.6 Å². The van der Waals surface area contributed by atoms with Gasteiger partial charge < -0.3 is 0 Å². The molecule has 0 N–H and O–H groups in total. The van der Waals surface area contributed by atoms with Crippen molar-refractivity contribution in [2.45, 2.75) is 12.8 Å². The SMILES string of the molecule is O=C(c1ccc(Cl)c2ccccc12)C1CC1. The number of Topliss-reactive ketones (excluding diaryl/α,β-unsaturated/α-hetero) is 1. The number of benzene rings is 2. The Morgan fingerprint density at radius 1 is 1.06 bits per heavy atom. The van der Waals surface area contributed by atoms with E-state index in [2.05, 4.69) is 0 Å². The summed E-state index contributed by atoms with van der Waals surface area (Å²) in [5.74, 6) is 0.525. The third-order valence-electron chi connectivity index (χ3n) is 3.08. The fourth-order valence-corrected chi connectivity index (χ4v) is 2.27. The maximum atomic E-state index is 12.1. The lowest BCUT2D eigenvalue weighted by Crippen LogP contribution is -2.02. The second-order valence-electron chi connectivity index (χ2n) is 4.28. The number of carbonyl (C=O) groups is 1. The first-order valence-electron chi connectivity index (χ1n) is 5.49. The molecule has 2 heteroatoms. The fraction of sp³-hybridized carbons (Fsp3) is 0.214. The van der Waals surface area contributed by atoms with Crippen LogP contribution in [-0.4, -0.2) is 5.78 Å². The van der Waals surface area contributed by atoms with Gasteiger partial charge in [-0.15, -0.1) is 0 Å². The van der Waals surface area contributed by atoms with E-state index in [1.165, 1.54) is 0 Å². The van der Waals surface area contributed by atoms with E-state index in [0.717, 1.165) is 29.2 Å². The first-order chi connectivity index (χ1) is 7.77. The van der Waals surface area contributed by atoms with Crippen LogP contribution in [0.25, 0.3) is 10.8 Å². The summed E-state index contributed by atoms with van der Waals surface area (Å²) in [6.45, 7) is 0. The molecule has 2 aromatic carbocycles. The molecule has 1 saturated carbocycles. The highest BCUT2D eigenvalue weighted by Crippen LogP contribution is 2.35. The first kappa shape index (κ1) is 9.86. The molecule has 0 atom stereocenters. The minimum Gasteiger partial charge on any atom is -0.294 e. The summed E-state index contributed by atoms with van der Waals surface area (Å²) in [6.07, 6.45) is 2.07. The second kappa shape index (κ2) is 3.60. The molecule has 1 nitrogen and oxygen atoms in total. The van der Waals surface area contributed by atoms with Crippen LogP contribution < -0.4 is 0 Å². The molecular formula is C14H11ClO. The highest BCUT2D eigenvalue weighted by molar-refractivity contribution is 6.36. The van der Waals surface area contributed by atoms with E-state index in [4.69, 9.17) is 11.6 Å². The lowest BCUT2D eigenvalue weighted by Gasteiger charge is -2.06. The number of halogens is 1. The number of fused-ring (bicyclic) bond motifs is 1. The van der Waals surface area contributed by atoms with Gasteiger partial charge in [-0.05, 0) is 30.4 Å². The van der Waals surface area contributed by atoms with Crippen LogP contribution in [0.5, 0.6) is 0 Å². The molecule has 0 amide bonds. The quantitative estimate of drug-likeness (QED) is 0.711. The Bertz CT molecular complexity index is 570. The predicted molar refractivity (Wildman–Crippen MR) is 66.0 cm³/mol. The van der Waals surface area contributed by atoms with Crippen LogP contribution in [0.3, 0.4) is 0 Å². The van der Waals surface area contributed by atoms with E-state index in [1.54, 1.807) is 0 Å². The summed E-state index contributed by atoms with van der Waals surface area (Å²) in [5, 5.41) is 2.66. The van der Waals surface area contributed by atoms with E-state index < -0.39 is 0 Å². The zero-order valence-corrected chi connectivity index (χ0v) is 9.50. The second-order valence-corrected chi connectivity index (χ2v) is 4.69. The van der Waals surface area contributed by atoms with Crippen molar-refractivity contribution in [1.29, 1.82) is 0 Å². The summed E-state index contributed by atoms with van der Waals surface area (Å²) in [4.78, 5) is 12.1. The molecule has 3 rings (SSSR count). The minimum absolute atomic E-state index is 0.254. The summed E-state index contributed by atoms with van der Waals surface area (Å²) in [7, 11) is 0. The molecule has 0 aliphatic heterocycles. The van der Waals surface area contributed by atoms with E-state index in [-0.39, 0.29) is 11.7 Å². The largest absolute Gasteiger partial charge is 0.294 e. The van der Waals surface area contributed by atoms with Gasteiger partial charge in [0.15, 0.2) is 5.78 Å². The Balaban J connectivity index is 2.24. The third-order valence-corrected chi connectivity index (χ3v) is 3.41. The molecule has 0 unspecified atom stereocenters. The predicted octanol–water partition coefficient (Wildman–Crippen LogP) is 4.09. The van der Waals surface area contributed by atoms with Gasteiger partial charge in [0, 0.05) is 21.9 Å². The number of ketones is 1. The Hall–Kier alpha value is -1.34. The monoisotopic (exact) mass is 230 g/mol. The highest BCUT2D eigenvalue weighted by Gasteiger charge is 2.31. The van der Waals surface area contributed by atoms with Gasteiger partial charge >= 0.3 is 0 Å². The zero-order chi connectivity index (χ0) is 11.1. The molecule has 1 aliphatic carbocycles. The van der Waals surface area contributed by atoms with Gasteiger partial charge in [0.1, 0.15) is 0 Å². The van der Waals surface area contributed by atoms with Crippen LogP contribution in [0.15, 0.2) is 36.4 Å². The van der Waals surface area contributed by atoms with Crippen molar-refractivity contribution < 1.29 is 4.79 Å².